The van der Waals surface area contributed by atoms with Crippen LogP contribution in [0.1, 0.15) is 57.1 Å². The summed E-state index contributed by atoms with van der Waals surface area (Å²) in [6, 6.07) is 1.66. The Labute approximate surface area is 120 Å². The summed E-state index contributed by atoms with van der Waals surface area (Å²) in [7, 11) is 1.76. The maximum absolute atomic E-state index is 14.2. The lowest BCUT2D eigenvalue weighted by Gasteiger charge is -2.40. The molecule has 20 heavy (non-hydrogen) atoms. The number of methoxy groups -OCH3 is 1. The monoisotopic (exact) mass is 280 g/mol. The summed E-state index contributed by atoms with van der Waals surface area (Å²) in [4.78, 5) is 3.86. The zero-order valence-electron chi connectivity index (χ0n) is 12.5. The molecule has 1 saturated carbocycles. The topological polar surface area (TPSA) is 34.2 Å². The van der Waals surface area contributed by atoms with Crippen molar-refractivity contribution in [2.45, 2.75) is 57.1 Å². The number of aromatic nitrogens is 1. The molecule has 0 aliphatic heterocycles. The molecule has 0 radical (unpaired) electrons. The number of hydrogen-bond acceptors (Lipinski definition) is 3. The van der Waals surface area contributed by atoms with Gasteiger partial charge in [-0.05, 0) is 25.5 Å². The van der Waals surface area contributed by atoms with Crippen molar-refractivity contribution in [3.63, 3.8) is 0 Å². The average molecular weight is 280 g/mol. The molecule has 1 fully saturated rings. The van der Waals surface area contributed by atoms with Crippen LogP contribution in [0.25, 0.3) is 0 Å². The highest BCUT2D eigenvalue weighted by Crippen LogP contribution is 2.40. The predicted octanol–water partition coefficient (Wildman–Crippen LogP) is 3.61. The fourth-order valence-electron chi connectivity index (χ4n) is 3.34. The van der Waals surface area contributed by atoms with Crippen LogP contribution in [0.2, 0.25) is 0 Å². The van der Waals surface area contributed by atoms with Gasteiger partial charge in [-0.3, -0.25) is 4.98 Å². The van der Waals surface area contributed by atoms with Gasteiger partial charge in [-0.25, -0.2) is 4.39 Å². The number of likely N-dealkylation sites (N-methyl/N-ethyl adjacent to an activating group) is 1. The Morgan fingerprint density at radius 1 is 1.35 bits per heavy atom. The molecule has 0 amide bonds. The fraction of sp³-hybridized carbons (Fsp3) is 0.688. The Balaban J connectivity index is 2.36. The Morgan fingerprint density at radius 3 is 2.60 bits per heavy atom. The van der Waals surface area contributed by atoms with Gasteiger partial charge >= 0.3 is 0 Å². The molecule has 1 unspecified atom stereocenters. The van der Waals surface area contributed by atoms with Crippen molar-refractivity contribution < 1.29 is 9.13 Å². The van der Waals surface area contributed by atoms with Crippen molar-refractivity contribution in [1.82, 2.24) is 10.3 Å². The third kappa shape index (κ3) is 3.18. The number of pyridine rings is 1. The summed E-state index contributed by atoms with van der Waals surface area (Å²) in [5.41, 5.74) is 0.361. The molecule has 0 bridgehead atoms. The van der Waals surface area contributed by atoms with E-state index in [1.54, 1.807) is 19.4 Å². The molecular weight excluding hydrogens is 255 g/mol. The molecule has 112 valence electrons. The second-order valence-corrected chi connectivity index (χ2v) is 5.57. The second kappa shape index (κ2) is 7.14. The van der Waals surface area contributed by atoms with Gasteiger partial charge in [0, 0.05) is 18.9 Å². The normalized spacial score (nSPS) is 20.4. The quantitative estimate of drug-likeness (QED) is 0.837. The average Bonchev–Trinajstić information content (AvgIpc) is 2.72. The van der Waals surface area contributed by atoms with Crippen LogP contribution in [0.3, 0.4) is 0 Å². The van der Waals surface area contributed by atoms with Gasteiger partial charge in [-0.15, -0.1) is 0 Å². The summed E-state index contributed by atoms with van der Waals surface area (Å²) in [5.74, 6) is -0.251. The standard InChI is InChI=1S/C16H25FN2O/c1-3-19-15(13-8-11-18-12-14(13)17)16(20-2)9-6-4-5-7-10-16/h8,11-12,15,19H,3-7,9-10H2,1-2H3. The first-order chi connectivity index (χ1) is 9.73. The van der Waals surface area contributed by atoms with Gasteiger partial charge < -0.3 is 10.1 Å². The van der Waals surface area contributed by atoms with E-state index in [9.17, 15) is 4.39 Å². The van der Waals surface area contributed by atoms with Gasteiger partial charge in [0.05, 0.1) is 17.8 Å². The van der Waals surface area contributed by atoms with Gasteiger partial charge in [0.15, 0.2) is 0 Å². The first-order valence-corrected chi connectivity index (χ1v) is 7.61. The van der Waals surface area contributed by atoms with Crippen molar-refractivity contribution in [2.75, 3.05) is 13.7 Å². The van der Waals surface area contributed by atoms with Crippen LogP contribution in [0, 0.1) is 5.82 Å². The minimum atomic E-state index is -0.311. The summed E-state index contributed by atoms with van der Waals surface area (Å²) in [6.07, 6.45) is 9.66. The van der Waals surface area contributed by atoms with Crippen LogP contribution >= 0.6 is 0 Å². The van der Waals surface area contributed by atoms with E-state index < -0.39 is 0 Å². The van der Waals surface area contributed by atoms with E-state index in [0.29, 0.717) is 5.56 Å². The lowest BCUT2D eigenvalue weighted by Crippen LogP contribution is -2.45. The molecular formula is C16H25FN2O. The van der Waals surface area contributed by atoms with E-state index >= 15 is 0 Å². The van der Waals surface area contributed by atoms with Crippen molar-refractivity contribution in [3.05, 3.63) is 29.8 Å². The molecule has 2 rings (SSSR count). The summed E-state index contributed by atoms with van der Waals surface area (Å²) in [6.45, 7) is 2.84. The van der Waals surface area contributed by atoms with E-state index in [0.717, 1.165) is 32.2 Å². The highest BCUT2D eigenvalue weighted by molar-refractivity contribution is 5.22. The fourth-order valence-corrected chi connectivity index (χ4v) is 3.34. The summed E-state index contributed by atoms with van der Waals surface area (Å²) >= 11 is 0. The lowest BCUT2D eigenvalue weighted by molar-refractivity contribution is -0.0545. The zero-order valence-corrected chi connectivity index (χ0v) is 12.5. The van der Waals surface area contributed by atoms with E-state index in [1.165, 1.54) is 19.0 Å². The summed E-state index contributed by atoms with van der Waals surface area (Å²) in [5, 5.41) is 3.44. The number of halogens is 1. The molecule has 1 atom stereocenters. The molecule has 4 heteroatoms. The van der Waals surface area contributed by atoms with Crippen molar-refractivity contribution in [2.24, 2.45) is 0 Å². The maximum atomic E-state index is 14.2. The second-order valence-electron chi connectivity index (χ2n) is 5.57. The lowest BCUT2D eigenvalue weighted by atomic mass is 9.82. The van der Waals surface area contributed by atoms with E-state index in [1.807, 2.05) is 6.92 Å². The molecule has 1 aromatic rings. The molecule has 1 aromatic heterocycles. The van der Waals surface area contributed by atoms with Crippen molar-refractivity contribution >= 4 is 0 Å². The highest BCUT2D eigenvalue weighted by atomic mass is 19.1. The first-order valence-electron chi connectivity index (χ1n) is 7.61. The van der Waals surface area contributed by atoms with Crippen LogP contribution in [0.4, 0.5) is 4.39 Å². The molecule has 1 aliphatic rings. The van der Waals surface area contributed by atoms with E-state index in [4.69, 9.17) is 4.74 Å². The molecule has 0 saturated heterocycles. The van der Waals surface area contributed by atoms with Gasteiger partial charge in [0.1, 0.15) is 5.82 Å². The molecule has 1 aliphatic carbocycles. The third-order valence-corrected chi connectivity index (χ3v) is 4.41. The van der Waals surface area contributed by atoms with Crippen molar-refractivity contribution in [3.8, 4) is 0 Å². The van der Waals surface area contributed by atoms with Crippen LogP contribution in [0.5, 0.6) is 0 Å². The largest absolute Gasteiger partial charge is 0.376 e. The van der Waals surface area contributed by atoms with Crippen LogP contribution in [-0.2, 0) is 4.74 Å². The van der Waals surface area contributed by atoms with Crippen LogP contribution < -0.4 is 5.32 Å². The Bertz CT molecular complexity index is 417. The molecule has 0 aromatic carbocycles. The minimum Gasteiger partial charge on any atom is -0.376 e. The minimum absolute atomic E-state index is 0.112. The Kier molecular flexibility index (Phi) is 5.49. The van der Waals surface area contributed by atoms with Gasteiger partial charge in [-0.1, -0.05) is 32.6 Å². The predicted molar refractivity (Wildman–Crippen MR) is 78.1 cm³/mol. The van der Waals surface area contributed by atoms with E-state index in [-0.39, 0.29) is 17.5 Å². The summed E-state index contributed by atoms with van der Waals surface area (Å²) < 4.78 is 20.1. The van der Waals surface area contributed by atoms with Gasteiger partial charge in [-0.2, -0.15) is 0 Å². The Morgan fingerprint density at radius 2 is 2.05 bits per heavy atom. The van der Waals surface area contributed by atoms with Crippen molar-refractivity contribution in [1.29, 1.82) is 0 Å². The van der Waals surface area contributed by atoms with Crippen LogP contribution in [0.15, 0.2) is 18.5 Å². The molecule has 1 N–H and O–H groups in total. The number of rotatable bonds is 5. The maximum Gasteiger partial charge on any atom is 0.146 e. The number of ether oxygens (including phenoxy) is 1. The number of nitrogens with one attached hydrogen (secondary N) is 1. The molecule has 1 heterocycles. The SMILES string of the molecule is CCNC(c1ccncc1F)C1(OC)CCCCCC1. The van der Waals surface area contributed by atoms with E-state index in [2.05, 4.69) is 10.3 Å². The smallest absolute Gasteiger partial charge is 0.146 e. The third-order valence-electron chi connectivity index (χ3n) is 4.41. The number of nitrogens with zero attached hydrogens (tertiary/aromatic N) is 1. The van der Waals surface area contributed by atoms with Gasteiger partial charge in [0.2, 0.25) is 0 Å². The molecule has 0 spiro atoms. The molecule has 3 nitrogen and oxygen atoms in total. The zero-order chi connectivity index (χ0) is 14.4. The number of hydrogen-bond donors (Lipinski definition) is 1. The first kappa shape index (κ1) is 15.4. The highest BCUT2D eigenvalue weighted by Gasteiger charge is 2.40. The Hall–Kier alpha value is -1.00. The van der Waals surface area contributed by atoms with Crippen LogP contribution in [-0.4, -0.2) is 24.2 Å². The van der Waals surface area contributed by atoms with Gasteiger partial charge in [0.25, 0.3) is 0 Å².